The summed E-state index contributed by atoms with van der Waals surface area (Å²) in [7, 11) is 0. The zero-order valence-electron chi connectivity index (χ0n) is 17.4. The van der Waals surface area contributed by atoms with Crippen molar-refractivity contribution in [1.82, 2.24) is 15.1 Å². The largest absolute Gasteiger partial charge is 0.492 e. The van der Waals surface area contributed by atoms with Crippen molar-refractivity contribution in [3.8, 4) is 17.0 Å². The van der Waals surface area contributed by atoms with E-state index in [2.05, 4.69) is 15.7 Å². The number of rotatable bonds is 8. The van der Waals surface area contributed by atoms with Crippen molar-refractivity contribution in [2.24, 2.45) is 0 Å². The summed E-state index contributed by atoms with van der Waals surface area (Å²) in [5, 5.41) is 9.80. The molecule has 3 aromatic rings. The van der Waals surface area contributed by atoms with Gasteiger partial charge in [0.15, 0.2) is 0 Å². The van der Waals surface area contributed by atoms with E-state index in [9.17, 15) is 14.4 Å². The quantitative estimate of drug-likeness (QED) is 0.546. The fourth-order valence-electron chi connectivity index (χ4n) is 2.85. The van der Waals surface area contributed by atoms with Gasteiger partial charge >= 0.3 is 0 Å². The summed E-state index contributed by atoms with van der Waals surface area (Å²) in [6.07, 6.45) is 0. The van der Waals surface area contributed by atoms with Crippen molar-refractivity contribution < 1.29 is 14.3 Å². The average molecular weight is 420 g/mol. The molecule has 1 atom stereocenters. The highest BCUT2D eigenvalue weighted by Crippen LogP contribution is 2.18. The van der Waals surface area contributed by atoms with E-state index in [1.165, 1.54) is 17.7 Å². The molecule has 3 rings (SSSR count). The van der Waals surface area contributed by atoms with Crippen LogP contribution in [-0.2, 0) is 9.59 Å². The van der Waals surface area contributed by atoms with Crippen LogP contribution in [0.5, 0.6) is 5.75 Å². The van der Waals surface area contributed by atoms with Gasteiger partial charge in [-0.2, -0.15) is 5.10 Å². The number of carbonyl (C=O) groups is 2. The molecule has 2 amide bonds. The lowest BCUT2D eigenvalue weighted by atomic mass is 10.1. The van der Waals surface area contributed by atoms with E-state index in [1.807, 2.05) is 30.3 Å². The molecule has 2 aromatic carbocycles. The van der Waals surface area contributed by atoms with Gasteiger partial charge in [0.1, 0.15) is 18.4 Å². The van der Waals surface area contributed by atoms with Crippen LogP contribution in [0.1, 0.15) is 19.9 Å². The predicted molar refractivity (Wildman–Crippen MR) is 118 cm³/mol. The Balaban J connectivity index is 1.64. The standard InChI is InChI=1S/C23H24N4O4/c1-16(27-22(29)13-12-21(26-27)18-6-4-3-5-7-18)23(30)25-19-8-10-20(11-9-19)31-15-14-24-17(2)28/h3-13,16H,14-15H2,1-2H3,(H,24,28)(H,25,30). The van der Waals surface area contributed by atoms with Crippen LogP contribution in [0.3, 0.4) is 0 Å². The van der Waals surface area contributed by atoms with Crippen LogP contribution in [-0.4, -0.2) is 34.7 Å². The summed E-state index contributed by atoms with van der Waals surface area (Å²) >= 11 is 0. The fourth-order valence-corrected chi connectivity index (χ4v) is 2.85. The van der Waals surface area contributed by atoms with Crippen molar-refractivity contribution in [3.05, 3.63) is 77.1 Å². The van der Waals surface area contributed by atoms with Crippen LogP contribution in [0, 0.1) is 0 Å². The third-order valence-corrected chi connectivity index (χ3v) is 4.51. The summed E-state index contributed by atoms with van der Waals surface area (Å²) in [5.41, 5.74) is 1.68. The number of hydrogen-bond donors (Lipinski definition) is 2. The molecule has 1 heterocycles. The maximum absolute atomic E-state index is 12.7. The maximum Gasteiger partial charge on any atom is 0.267 e. The molecule has 2 N–H and O–H groups in total. The van der Waals surface area contributed by atoms with Gasteiger partial charge in [-0.1, -0.05) is 30.3 Å². The summed E-state index contributed by atoms with van der Waals surface area (Å²) in [4.78, 5) is 35.8. The molecular formula is C23H24N4O4. The number of amides is 2. The van der Waals surface area contributed by atoms with E-state index in [-0.39, 0.29) is 17.4 Å². The third-order valence-electron chi connectivity index (χ3n) is 4.51. The summed E-state index contributed by atoms with van der Waals surface area (Å²) in [5.74, 6) is 0.141. The zero-order chi connectivity index (χ0) is 22.2. The summed E-state index contributed by atoms with van der Waals surface area (Å²) in [6.45, 7) is 3.82. The monoisotopic (exact) mass is 420 g/mol. The van der Waals surface area contributed by atoms with Crippen molar-refractivity contribution in [1.29, 1.82) is 0 Å². The normalized spacial score (nSPS) is 11.4. The van der Waals surface area contributed by atoms with Crippen molar-refractivity contribution in [3.63, 3.8) is 0 Å². The lowest BCUT2D eigenvalue weighted by molar-refractivity contribution is -0.119. The highest BCUT2D eigenvalue weighted by Gasteiger charge is 2.18. The lowest BCUT2D eigenvalue weighted by Gasteiger charge is -2.15. The van der Waals surface area contributed by atoms with E-state index in [0.29, 0.717) is 30.3 Å². The van der Waals surface area contributed by atoms with E-state index >= 15 is 0 Å². The van der Waals surface area contributed by atoms with Crippen LogP contribution in [0.4, 0.5) is 5.69 Å². The first-order valence-electron chi connectivity index (χ1n) is 9.87. The van der Waals surface area contributed by atoms with Gasteiger partial charge in [0.25, 0.3) is 5.56 Å². The number of ether oxygens (including phenoxy) is 1. The first kappa shape index (κ1) is 21.8. The molecule has 31 heavy (non-hydrogen) atoms. The Hall–Kier alpha value is -3.94. The van der Waals surface area contributed by atoms with Crippen LogP contribution in [0.15, 0.2) is 71.5 Å². The Bertz CT molecular complexity index is 1090. The molecule has 0 spiro atoms. The van der Waals surface area contributed by atoms with Crippen LogP contribution >= 0.6 is 0 Å². The molecule has 0 radical (unpaired) electrons. The Morgan fingerprint density at radius 2 is 1.74 bits per heavy atom. The summed E-state index contributed by atoms with van der Waals surface area (Å²) < 4.78 is 6.70. The number of benzene rings is 2. The molecule has 0 aliphatic carbocycles. The number of nitrogens with zero attached hydrogens (tertiary/aromatic N) is 2. The number of anilines is 1. The van der Waals surface area contributed by atoms with Gasteiger partial charge in [-0.05, 0) is 37.3 Å². The molecule has 0 aliphatic rings. The molecule has 1 aromatic heterocycles. The first-order valence-corrected chi connectivity index (χ1v) is 9.87. The predicted octanol–water partition coefficient (Wildman–Crippen LogP) is 2.62. The van der Waals surface area contributed by atoms with Crippen LogP contribution in [0.25, 0.3) is 11.3 Å². The maximum atomic E-state index is 12.7. The number of aromatic nitrogens is 2. The Labute approximate surface area is 179 Å². The second-order valence-corrected chi connectivity index (χ2v) is 6.89. The van der Waals surface area contributed by atoms with Gasteiger partial charge in [-0.3, -0.25) is 14.4 Å². The smallest absolute Gasteiger partial charge is 0.267 e. The lowest BCUT2D eigenvalue weighted by Crippen LogP contribution is -2.33. The molecule has 0 saturated carbocycles. The van der Waals surface area contributed by atoms with Gasteiger partial charge in [0, 0.05) is 24.2 Å². The SMILES string of the molecule is CC(=O)NCCOc1ccc(NC(=O)C(C)n2nc(-c3ccccc3)ccc2=O)cc1. The van der Waals surface area contributed by atoms with Crippen LogP contribution < -0.4 is 20.9 Å². The minimum Gasteiger partial charge on any atom is -0.492 e. The Morgan fingerprint density at radius 3 is 2.42 bits per heavy atom. The second kappa shape index (κ2) is 10.2. The van der Waals surface area contributed by atoms with Gasteiger partial charge < -0.3 is 15.4 Å². The molecule has 0 fully saturated rings. The number of nitrogens with one attached hydrogen (secondary N) is 2. The third kappa shape index (κ3) is 6.02. The zero-order valence-corrected chi connectivity index (χ0v) is 17.4. The molecule has 0 saturated heterocycles. The van der Waals surface area contributed by atoms with E-state index in [1.54, 1.807) is 37.3 Å². The van der Waals surface area contributed by atoms with Crippen LogP contribution in [0.2, 0.25) is 0 Å². The molecule has 8 heteroatoms. The Morgan fingerprint density at radius 1 is 1.03 bits per heavy atom. The van der Waals surface area contributed by atoms with Gasteiger partial charge in [-0.25, -0.2) is 4.68 Å². The van der Waals surface area contributed by atoms with Crippen molar-refractivity contribution in [2.45, 2.75) is 19.9 Å². The summed E-state index contributed by atoms with van der Waals surface area (Å²) in [6, 6.07) is 18.5. The Kier molecular flexibility index (Phi) is 7.16. The molecule has 0 aliphatic heterocycles. The second-order valence-electron chi connectivity index (χ2n) is 6.89. The fraction of sp³-hybridized carbons (Fsp3) is 0.217. The van der Waals surface area contributed by atoms with E-state index < -0.39 is 6.04 Å². The average Bonchev–Trinajstić information content (AvgIpc) is 2.78. The highest BCUT2D eigenvalue weighted by molar-refractivity contribution is 5.93. The van der Waals surface area contributed by atoms with E-state index in [4.69, 9.17) is 4.74 Å². The van der Waals surface area contributed by atoms with E-state index in [0.717, 1.165) is 5.56 Å². The van der Waals surface area contributed by atoms with Gasteiger partial charge in [-0.15, -0.1) is 0 Å². The van der Waals surface area contributed by atoms with Crippen molar-refractivity contribution >= 4 is 17.5 Å². The minimum atomic E-state index is -0.801. The van der Waals surface area contributed by atoms with Gasteiger partial charge in [0.05, 0.1) is 12.2 Å². The molecule has 0 bridgehead atoms. The molecule has 8 nitrogen and oxygen atoms in total. The molecule has 1 unspecified atom stereocenters. The first-order chi connectivity index (χ1) is 14.9. The molecular weight excluding hydrogens is 396 g/mol. The topological polar surface area (TPSA) is 102 Å². The van der Waals surface area contributed by atoms with Gasteiger partial charge in [0.2, 0.25) is 11.8 Å². The minimum absolute atomic E-state index is 0.112. The molecule has 160 valence electrons. The van der Waals surface area contributed by atoms with Crippen molar-refractivity contribution in [2.75, 3.05) is 18.5 Å². The highest BCUT2D eigenvalue weighted by atomic mass is 16.5. The number of hydrogen-bond acceptors (Lipinski definition) is 5. The number of carbonyl (C=O) groups excluding carboxylic acids is 2.